The first-order chi connectivity index (χ1) is 12.5. The second kappa shape index (κ2) is 7.70. The number of benzene rings is 2. The van der Waals surface area contributed by atoms with Crippen molar-refractivity contribution in [2.75, 3.05) is 12.4 Å². The quantitative estimate of drug-likeness (QED) is 0.792. The van der Waals surface area contributed by atoms with E-state index in [4.69, 9.17) is 4.74 Å². The molecule has 0 aliphatic heterocycles. The van der Waals surface area contributed by atoms with Gasteiger partial charge in [0.25, 0.3) is 0 Å². The van der Waals surface area contributed by atoms with Gasteiger partial charge in [-0.2, -0.15) is 0 Å². The minimum Gasteiger partial charge on any atom is -0.478 e. The number of aromatic carboxylic acids is 1. The number of hydrogen-bond donors (Lipinski definition) is 2. The zero-order chi connectivity index (χ0) is 18.6. The van der Waals surface area contributed by atoms with E-state index in [9.17, 15) is 14.7 Å². The number of anilines is 1. The standard InChI is InChI=1S/C21H23NO4/c1-26-14-16-10-17(19(23)24)12-18(11-16)22-20(25)21(8-5-9-21)13-15-6-3-2-4-7-15/h2-4,6-7,10-12H,5,8-9,13-14H2,1H3,(H,22,25)(H,23,24). The summed E-state index contributed by atoms with van der Waals surface area (Å²) in [6.45, 7) is 0.291. The number of carboxylic acids is 1. The van der Waals surface area contributed by atoms with Gasteiger partial charge in [-0.1, -0.05) is 36.8 Å². The Morgan fingerprint density at radius 2 is 1.85 bits per heavy atom. The summed E-state index contributed by atoms with van der Waals surface area (Å²) in [5.41, 5.74) is 2.08. The van der Waals surface area contributed by atoms with Gasteiger partial charge in [0.2, 0.25) is 5.91 Å². The van der Waals surface area contributed by atoms with Crippen molar-refractivity contribution >= 4 is 17.6 Å². The van der Waals surface area contributed by atoms with Crippen molar-refractivity contribution in [1.29, 1.82) is 0 Å². The predicted octanol–water partition coefficient (Wildman–Crippen LogP) is 3.88. The van der Waals surface area contributed by atoms with Crippen LogP contribution in [0.2, 0.25) is 0 Å². The minimum atomic E-state index is -1.03. The molecule has 2 aromatic carbocycles. The molecule has 5 heteroatoms. The number of rotatable bonds is 7. The third kappa shape index (κ3) is 3.94. The molecule has 2 N–H and O–H groups in total. The van der Waals surface area contributed by atoms with Gasteiger partial charge in [-0.25, -0.2) is 4.79 Å². The number of nitrogens with one attached hydrogen (secondary N) is 1. The maximum absolute atomic E-state index is 13.0. The van der Waals surface area contributed by atoms with Crippen molar-refractivity contribution in [3.05, 3.63) is 65.2 Å². The molecule has 0 spiro atoms. The smallest absolute Gasteiger partial charge is 0.335 e. The Morgan fingerprint density at radius 1 is 1.12 bits per heavy atom. The van der Waals surface area contributed by atoms with Crippen LogP contribution in [0.15, 0.2) is 48.5 Å². The van der Waals surface area contributed by atoms with E-state index in [2.05, 4.69) is 5.32 Å². The molecule has 1 aliphatic carbocycles. The van der Waals surface area contributed by atoms with E-state index in [-0.39, 0.29) is 11.5 Å². The average Bonchev–Trinajstić information content (AvgIpc) is 2.59. The number of carbonyl (C=O) groups excluding carboxylic acids is 1. The molecular formula is C21H23NO4. The molecule has 0 heterocycles. The molecule has 26 heavy (non-hydrogen) atoms. The molecule has 136 valence electrons. The fourth-order valence-electron chi connectivity index (χ4n) is 3.48. The SMILES string of the molecule is COCc1cc(NC(=O)C2(Cc3ccccc3)CCC2)cc(C(=O)O)c1. The molecule has 0 atom stereocenters. The Balaban J connectivity index is 1.80. The monoisotopic (exact) mass is 353 g/mol. The van der Waals surface area contributed by atoms with Gasteiger partial charge >= 0.3 is 5.97 Å². The van der Waals surface area contributed by atoms with Crippen LogP contribution in [0, 0.1) is 5.41 Å². The van der Waals surface area contributed by atoms with Crippen molar-refractivity contribution in [1.82, 2.24) is 0 Å². The Bertz CT molecular complexity index is 797. The molecule has 0 radical (unpaired) electrons. The van der Waals surface area contributed by atoms with E-state index < -0.39 is 11.4 Å². The number of ether oxygens (including phenoxy) is 1. The third-order valence-electron chi connectivity index (χ3n) is 4.99. The van der Waals surface area contributed by atoms with E-state index in [0.29, 0.717) is 24.3 Å². The molecule has 0 saturated heterocycles. The van der Waals surface area contributed by atoms with Crippen LogP contribution < -0.4 is 5.32 Å². The maximum Gasteiger partial charge on any atom is 0.335 e. The lowest BCUT2D eigenvalue weighted by atomic mass is 9.64. The normalized spacial score (nSPS) is 15.1. The highest BCUT2D eigenvalue weighted by molar-refractivity contribution is 5.97. The molecular weight excluding hydrogens is 330 g/mol. The predicted molar refractivity (Wildman–Crippen MR) is 99.2 cm³/mol. The summed E-state index contributed by atoms with van der Waals surface area (Å²) in [5, 5.41) is 12.2. The van der Waals surface area contributed by atoms with Crippen LogP contribution >= 0.6 is 0 Å². The summed E-state index contributed by atoms with van der Waals surface area (Å²) in [6, 6.07) is 14.8. The van der Waals surface area contributed by atoms with Gasteiger partial charge in [-0.05, 0) is 48.6 Å². The van der Waals surface area contributed by atoms with E-state index in [0.717, 1.165) is 24.8 Å². The summed E-state index contributed by atoms with van der Waals surface area (Å²) in [5.74, 6) is -1.07. The Hall–Kier alpha value is -2.66. The topological polar surface area (TPSA) is 75.6 Å². The molecule has 1 amide bonds. The summed E-state index contributed by atoms with van der Waals surface area (Å²) in [7, 11) is 1.55. The fraction of sp³-hybridized carbons (Fsp3) is 0.333. The molecule has 5 nitrogen and oxygen atoms in total. The van der Waals surface area contributed by atoms with Crippen LogP contribution in [0.1, 0.15) is 40.7 Å². The molecule has 2 aromatic rings. The van der Waals surface area contributed by atoms with Crippen molar-refractivity contribution in [3.8, 4) is 0 Å². The lowest BCUT2D eigenvalue weighted by Crippen LogP contribution is -2.43. The molecule has 1 aliphatic rings. The average molecular weight is 353 g/mol. The summed E-state index contributed by atoms with van der Waals surface area (Å²) < 4.78 is 5.10. The highest BCUT2D eigenvalue weighted by Gasteiger charge is 2.44. The highest BCUT2D eigenvalue weighted by Crippen LogP contribution is 2.44. The van der Waals surface area contributed by atoms with E-state index in [1.807, 2.05) is 30.3 Å². The molecule has 3 rings (SSSR count). The van der Waals surface area contributed by atoms with Gasteiger partial charge in [-0.15, -0.1) is 0 Å². The highest BCUT2D eigenvalue weighted by atomic mass is 16.5. The molecule has 1 saturated carbocycles. The van der Waals surface area contributed by atoms with Crippen LogP contribution in [0.3, 0.4) is 0 Å². The molecule has 1 fully saturated rings. The first-order valence-corrected chi connectivity index (χ1v) is 8.74. The van der Waals surface area contributed by atoms with Crippen molar-refractivity contribution in [2.45, 2.75) is 32.3 Å². The Kier molecular flexibility index (Phi) is 5.38. The summed E-state index contributed by atoms with van der Waals surface area (Å²) in [6.07, 6.45) is 3.42. The maximum atomic E-state index is 13.0. The summed E-state index contributed by atoms with van der Waals surface area (Å²) in [4.78, 5) is 24.3. The first-order valence-electron chi connectivity index (χ1n) is 8.74. The van der Waals surface area contributed by atoms with Crippen LogP contribution in [0.25, 0.3) is 0 Å². The van der Waals surface area contributed by atoms with Gasteiger partial charge in [0.05, 0.1) is 17.6 Å². The summed E-state index contributed by atoms with van der Waals surface area (Å²) >= 11 is 0. The molecule has 0 bridgehead atoms. The van der Waals surface area contributed by atoms with E-state index in [1.54, 1.807) is 19.2 Å². The van der Waals surface area contributed by atoms with Crippen molar-refractivity contribution in [3.63, 3.8) is 0 Å². The lowest BCUT2D eigenvalue weighted by molar-refractivity contribution is -0.130. The van der Waals surface area contributed by atoms with Crippen molar-refractivity contribution < 1.29 is 19.4 Å². The number of carbonyl (C=O) groups is 2. The minimum absolute atomic E-state index is 0.0430. The van der Waals surface area contributed by atoms with E-state index >= 15 is 0 Å². The van der Waals surface area contributed by atoms with Crippen LogP contribution in [0.5, 0.6) is 0 Å². The largest absolute Gasteiger partial charge is 0.478 e. The van der Waals surface area contributed by atoms with Crippen LogP contribution in [-0.4, -0.2) is 24.1 Å². The number of amides is 1. The second-order valence-electron chi connectivity index (χ2n) is 6.91. The van der Waals surface area contributed by atoms with Crippen LogP contribution in [0.4, 0.5) is 5.69 Å². The third-order valence-corrected chi connectivity index (χ3v) is 4.99. The molecule has 0 aromatic heterocycles. The molecule has 0 unspecified atom stereocenters. The number of hydrogen-bond acceptors (Lipinski definition) is 3. The second-order valence-corrected chi connectivity index (χ2v) is 6.91. The van der Waals surface area contributed by atoms with Crippen LogP contribution in [-0.2, 0) is 22.6 Å². The fourth-order valence-corrected chi connectivity index (χ4v) is 3.48. The number of methoxy groups -OCH3 is 1. The van der Waals surface area contributed by atoms with Gasteiger partial charge in [0.15, 0.2) is 0 Å². The first kappa shape index (κ1) is 18.1. The number of carboxylic acid groups (broad SMARTS) is 1. The van der Waals surface area contributed by atoms with Gasteiger partial charge in [0.1, 0.15) is 0 Å². The van der Waals surface area contributed by atoms with Gasteiger partial charge < -0.3 is 15.2 Å². The Labute approximate surface area is 153 Å². The van der Waals surface area contributed by atoms with Gasteiger partial charge in [-0.3, -0.25) is 4.79 Å². The Morgan fingerprint density at radius 3 is 2.42 bits per heavy atom. The van der Waals surface area contributed by atoms with Gasteiger partial charge in [0, 0.05) is 12.8 Å². The lowest BCUT2D eigenvalue weighted by Gasteiger charge is -2.40. The van der Waals surface area contributed by atoms with E-state index in [1.165, 1.54) is 6.07 Å². The van der Waals surface area contributed by atoms with Crippen molar-refractivity contribution in [2.24, 2.45) is 5.41 Å². The zero-order valence-electron chi connectivity index (χ0n) is 14.8. The zero-order valence-corrected chi connectivity index (χ0v) is 14.8.